The van der Waals surface area contributed by atoms with E-state index in [-0.39, 0.29) is 37.0 Å². The fourth-order valence-electron chi connectivity index (χ4n) is 3.26. The number of aliphatic hydroxyl groups is 1. The number of amides is 2. The number of carbonyl (C=O) groups is 2. The molecular formula is C24H33N5O3. The van der Waals surface area contributed by atoms with E-state index >= 15 is 0 Å². The third-order valence-corrected chi connectivity index (χ3v) is 5.34. The molecule has 0 radical (unpaired) electrons. The summed E-state index contributed by atoms with van der Waals surface area (Å²) in [5, 5.41) is 23.2. The molecule has 1 heterocycles. The molecule has 0 bridgehead atoms. The lowest BCUT2D eigenvalue weighted by Crippen LogP contribution is -2.25. The van der Waals surface area contributed by atoms with Crippen molar-refractivity contribution in [2.24, 2.45) is 5.41 Å². The van der Waals surface area contributed by atoms with Gasteiger partial charge in [-0.1, -0.05) is 43.7 Å². The van der Waals surface area contributed by atoms with Crippen LogP contribution >= 0.6 is 0 Å². The summed E-state index contributed by atoms with van der Waals surface area (Å²) in [4.78, 5) is 30.8. The van der Waals surface area contributed by atoms with Crippen LogP contribution in [-0.4, -0.2) is 46.6 Å². The average molecular weight is 440 g/mol. The maximum Gasteiger partial charge on any atom is 0.287 e. The first-order valence-electron chi connectivity index (χ1n) is 11.0. The van der Waals surface area contributed by atoms with Gasteiger partial charge < -0.3 is 20.7 Å². The van der Waals surface area contributed by atoms with Crippen molar-refractivity contribution in [3.05, 3.63) is 53.2 Å². The minimum atomic E-state index is -0.404. The Morgan fingerprint density at radius 2 is 2.19 bits per heavy atom. The molecule has 8 heteroatoms. The summed E-state index contributed by atoms with van der Waals surface area (Å²) in [5.41, 5.74) is 2.83. The number of hydrogen-bond acceptors (Lipinski definition) is 5. The van der Waals surface area contributed by atoms with Gasteiger partial charge in [0.15, 0.2) is 5.82 Å². The predicted octanol–water partition coefficient (Wildman–Crippen LogP) is 2.91. The maximum atomic E-state index is 12.2. The number of carbonyl (C=O) groups excluding carboxylic acids is 2. The number of imidazole rings is 1. The summed E-state index contributed by atoms with van der Waals surface area (Å²) < 4.78 is 0. The molecule has 0 aromatic carbocycles. The zero-order valence-electron chi connectivity index (χ0n) is 18.9. The Morgan fingerprint density at radius 3 is 2.84 bits per heavy atom. The van der Waals surface area contributed by atoms with Crippen LogP contribution in [0.5, 0.6) is 0 Å². The highest BCUT2D eigenvalue weighted by Gasteiger charge is 2.20. The van der Waals surface area contributed by atoms with E-state index in [0.717, 1.165) is 31.3 Å². The fourth-order valence-corrected chi connectivity index (χ4v) is 3.26. The lowest BCUT2D eigenvalue weighted by atomic mass is 9.78. The number of rotatable bonds is 11. The molecule has 0 unspecified atom stereocenters. The predicted molar refractivity (Wildman–Crippen MR) is 123 cm³/mol. The Hall–Kier alpha value is -3.18. The number of aromatic amines is 1. The van der Waals surface area contributed by atoms with Gasteiger partial charge in [-0.15, -0.1) is 0 Å². The number of nitrogens with one attached hydrogen (secondary N) is 3. The van der Waals surface area contributed by atoms with Gasteiger partial charge in [0.2, 0.25) is 5.91 Å². The van der Waals surface area contributed by atoms with Crippen LogP contribution < -0.4 is 10.6 Å². The van der Waals surface area contributed by atoms with Crippen molar-refractivity contribution < 1.29 is 14.7 Å². The molecule has 1 aromatic rings. The lowest BCUT2D eigenvalue weighted by molar-refractivity contribution is -0.120. The van der Waals surface area contributed by atoms with Gasteiger partial charge >= 0.3 is 0 Å². The van der Waals surface area contributed by atoms with E-state index in [1.165, 1.54) is 11.8 Å². The highest BCUT2D eigenvalue weighted by atomic mass is 16.3. The summed E-state index contributed by atoms with van der Waals surface area (Å²) in [6.45, 7) is 5.30. The van der Waals surface area contributed by atoms with Crippen molar-refractivity contribution in [2.75, 3.05) is 19.7 Å². The quantitative estimate of drug-likeness (QED) is 0.239. The van der Waals surface area contributed by atoms with Crippen LogP contribution in [0.2, 0.25) is 0 Å². The van der Waals surface area contributed by atoms with Crippen LogP contribution in [0.1, 0.15) is 68.7 Å². The maximum absolute atomic E-state index is 12.2. The molecule has 4 N–H and O–H groups in total. The van der Waals surface area contributed by atoms with E-state index in [1.807, 2.05) is 12.1 Å². The number of nitrogens with zero attached hydrogens (tertiary/aromatic N) is 2. The van der Waals surface area contributed by atoms with Gasteiger partial charge in [0.25, 0.3) is 5.91 Å². The van der Waals surface area contributed by atoms with Gasteiger partial charge in [0, 0.05) is 19.7 Å². The third-order valence-electron chi connectivity index (χ3n) is 5.34. The second kappa shape index (κ2) is 12.6. The molecule has 0 fully saturated rings. The number of nitriles is 1. The Balaban J connectivity index is 1.95. The smallest absolute Gasteiger partial charge is 0.287 e. The van der Waals surface area contributed by atoms with E-state index < -0.39 is 5.91 Å². The largest absolute Gasteiger partial charge is 0.396 e. The number of hydrogen-bond donors (Lipinski definition) is 4. The van der Waals surface area contributed by atoms with Crippen molar-refractivity contribution in [3.63, 3.8) is 0 Å². The Kier molecular flexibility index (Phi) is 9.89. The van der Waals surface area contributed by atoms with Crippen molar-refractivity contribution in [1.29, 1.82) is 5.26 Å². The minimum absolute atomic E-state index is 0.0403. The van der Waals surface area contributed by atoms with Crippen LogP contribution in [0, 0.1) is 16.7 Å². The van der Waals surface area contributed by atoms with E-state index in [2.05, 4.69) is 46.6 Å². The first-order valence-corrected chi connectivity index (χ1v) is 11.0. The molecule has 2 amide bonds. The Morgan fingerprint density at radius 1 is 1.38 bits per heavy atom. The van der Waals surface area contributed by atoms with E-state index in [1.54, 1.807) is 6.08 Å². The van der Waals surface area contributed by atoms with Gasteiger partial charge in [-0.05, 0) is 43.1 Å². The van der Waals surface area contributed by atoms with Crippen LogP contribution in [0.25, 0.3) is 0 Å². The topological polar surface area (TPSA) is 131 Å². The first-order chi connectivity index (χ1) is 15.3. The second-order valence-electron chi connectivity index (χ2n) is 8.69. The molecular weight excluding hydrogens is 406 g/mol. The summed E-state index contributed by atoms with van der Waals surface area (Å²) in [7, 11) is 0. The number of allylic oxidation sites excluding steroid dienone is 4. The molecule has 1 aliphatic rings. The molecule has 0 atom stereocenters. The molecule has 1 aromatic heterocycles. The van der Waals surface area contributed by atoms with Crippen LogP contribution in [0.15, 0.2) is 41.6 Å². The van der Waals surface area contributed by atoms with E-state index in [0.29, 0.717) is 18.4 Å². The van der Waals surface area contributed by atoms with Crippen molar-refractivity contribution in [1.82, 2.24) is 20.6 Å². The number of H-pyrrole nitrogens is 1. The molecule has 2 rings (SSSR count). The minimum Gasteiger partial charge on any atom is -0.396 e. The molecule has 0 saturated heterocycles. The summed E-state index contributed by atoms with van der Waals surface area (Å²) in [6, 6.07) is 1.89. The summed E-state index contributed by atoms with van der Waals surface area (Å²) >= 11 is 0. The van der Waals surface area contributed by atoms with E-state index in [9.17, 15) is 9.59 Å². The number of aliphatic hydroxyl groups excluding tert-OH is 1. The molecule has 0 saturated carbocycles. The third kappa shape index (κ3) is 8.90. The van der Waals surface area contributed by atoms with Crippen molar-refractivity contribution in [3.8, 4) is 6.07 Å². The van der Waals surface area contributed by atoms with Gasteiger partial charge in [-0.3, -0.25) is 9.59 Å². The molecule has 0 spiro atoms. The molecule has 172 valence electrons. The zero-order chi connectivity index (χ0) is 23.4. The fraction of sp³-hybridized carbons (Fsp3) is 0.500. The van der Waals surface area contributed by atoms with Crippen molar-refractivity contribution in [2.45, 2.75) is 52.4 Å². The summed E-state index contributed by atoms with van der Waals surface area (Å²) in [5.74, 6) is -0.420. The van der Waals surface area contributed by atoms with Gasteiger partial charge in [-0.25, -0.2) is 4.98 Å². The summed E-state index contributed by atoms with van der Waals surface area (Å²) in [6.07, 6.45) is 14.2. The average Bonchev–Trinajstić information content (AvgIpc) is 3.25. The van der Waals surface area contributed by atoms with Crippen LogP contribution in [0.4, 0.5) is 0 Å². The molecule has 32 heavy (non-hydrogen) atoms. The SMILES string of the molecule is CC1(C)CC=C(C/C=C(\C=C/CNC(=O)c2ncc(C#N)[nH]2)CC(=O)NCCCO)CC1. The zero-order valence-corrected chi connectivity index (χ0v) is 18.9. The van der Waals surface area contributed by atoms with Gasteiger partial charge in [0.05, 0.1) is 12.6 Å². The van der Waals surface area contributed by atoms with Crippen molar-refractivity contribution >= 4 is 11.8 Å². The highest BCUT2D eigenvalue weighted by Crippen LogP contribution is 2.35. The number of aromatic nitrogens is 2. The highest BCUT2D eigenvalue weighted by molar-refractivity contribution is 5.90. The standard InChI is InChI=1S/C24H33N5O3/c1-24(2)10-8-18(9-11-24)6-7-19(15-21(31)26-13-4-14-30)5-3-12-27-23(32)22-28-17-20(16-25)29-22/h3,5,7-8,17,30H,4,6,9-15H2,1-2H3,(H,26,31)(H,27,32)(H,28,29)/b5-3-,19-7+. The normalized spacial score (nSPS) is 15.8. The van der Waals surface area contributed by atoms with Gasteiger partial charge in [-0.2, -0.15) is 5.26 Å². The Labute approximate surface area is 189 Å². The van der Waals surface area contributed by atoms with Crippen LogP contribution in [0.3, 0.4) is 0 Å². The second-order valence-corrected chi connectivity index (χ2v) is 8.69. The Bertz CT molecular complexity index is 918. The molecule has 0 aliphatic heterocycles. The lowest BCUT2D eigenvalue weighted by Gasteiger charge is -2.28. The van der Waals surface area contributed by atoms with Crippen LogP contribution in [-0.2, 0) is 4.79 Å². The monoisotopic (exact) mass is 439 g/mol. The molecule has 1 aliphatic carbocycles. The first kappa shape index (κ1) is 25.1. The van der Waals surface area contributed by atoms with Gasteiger partial charge in [0.1, 0.15) is 11.8 Å². The molecule has 8 nitrogen and oxygen atoms in total. The van der Waals surface area contributed by atoms with E-state index in [4.69, 9.17) is 10.4 Å².